The summed E-state index contributed by atoms with van der Waals surface area (Å²) in [4.78, 5) is 11.0. The van der Waals surface area contributed by atoms with Crippen LogP contribution in [0.2, 0.25) is 0 Å². The third-order valence-electron chi connectivity index (χ3n) is 1.84. The summed E-state index contributed by atoms with van der Waals surface area (Å²) >= 11 is 0. The summed E-state index contributed by atoms with van der Waals surface area (Å²) in [7, 11) is 0. The van der Waals surface area contributed by atoms with Gasteiger partial charge in [-0.1, -0.05) is 13.8 Å². The molecule has 0 saturated heterocycles. The first kappa shape index (κ1) is 13.2. The van der Waals surface area contributed by atoms with Crippen LogP contribution in [0.5, 0.6) is 0 Å². The smallest absolute Gasteiger partial charge is 0.423 e. The molecule has 0 heterocycles. The molecule has 0 aromatic heterocycles. The molecule has 0 aromatic carbocycles. The molecular weight excluding hydrogens is 201 g/mol. The number of rotatable bonds is 3. The highest BCUT2D eigenvalue weighted by atomic mass is 19.4. The molecular formula is C8H13F3O3. The molecule has 14 heavy (non-hydrogen) atoms. The van der Waals surface area contributed by atoms with Gasteiger partial charge in [0.2, 0.25) is 0 Å². The van der Waals surface area contributed by atoms with Crippen molar-refractivity contribution in [3.8, 4) is 0 Å². The van der Waals surface area contributed by atoms with Crippen LogP contribution in [0.15, 0.2) is 0 Å². The van der Waals surface area contributed by atoms with E-state index >= 15 is 0 Å². The molecule has 1 N–H and O–H groups in total. The van der Waals surface area contributed by atoms with E-state index in [1.807, 2.05) is 0 Å². The lowest BCUT2D eigenvalue weighted by atomic mass is 10.1. The van der Waals surface area contributed by atoms with Gasteiger partial charge in [0.25, 0.3) is 0 Å². The molecule has 0 aromatic rings. The molecule has 0 fully saturated rings. The van der Waals surface area contributed by atoms with E-state index in [9.17, 15) is 18.0 Å². The minimum Gasteiger partial charge on any atom is -0.423 e. The number of carbonyl (C=O) groups excluding carboxylic acids is 1. The Balaban J connectivity index is 4.45. The molecule has 0 aliphatic rings. The van der Waals surface area contributed by atoms with Crippen LogP contribution in [0, 0.1) is 5.92 Å². The summed E-state index contributed by atoms with van der Waals surface area (Å²) in [5.41, 5.74) is 0. The largest absolute Gasteiger partial charge is 0.455 e. The highest BCUT2D eigenvalue weighted by molar-refractivity contribution is 5.72. The summed E-state index contributed by atoms with van der Waals surface area (Å²) in [6.07, 6.45) is -4.62. The predicted octanol–water partition coefficient (Wildman–Crippen LogP) is 1.85. The molecule has 0 aliphatic carbocycles. The van der Waals surface area contributed by atoms with Crippen LogP contribution in [0.25, 0.3) is 0 Å². The Morgan fingerprint density at radius 1 is 1.50 bits per heavy atom. The molecule has 0 spiro atoms. The lowest BCUT2D eigenvalue weighted by Crippen LogP contribution is -2.47. The number of halogens is 3. The van der Waals surface area contributed by atoms with Crippen molar-refractivity contribution in [3.05, 3.63) is 0 Å². The molecule has 0 bridgehead atoms. The van der Waals surface area contributed by atoms with E-state index in [1.54, 1.807) is 6.92 Å². The average Bonchev–Trinajstić information content (AvgIpc) is 2.00. The van der Waals surface area contributed by atoms with E-state index in [0.717, 1.165) is 0 Å². The normalized spacial score (nSPS) is 18.5. The summed E-state index contributed by atoms with van der Waals surface area (Å²) in [6, 6.07) is 0. The molecule has 84 valence electrons. The van der Waals surface area contributed by atoms with Crippen molar-refractivity contribution in [2.24, 2.45) is 5.92 Å². The average molecular weight is 214 g/mol. The highest BCUT2D eigenvalue weighted by Crippen LogP contribution is 2.31. The van der Waals surface area contributed by atoms with E-state index in [2.05, 4.69) is 4.74 Å². The fourth-order valence-electron chi connectivity index (χ4n) is 0.521. The third-order valence-corrected chi connectivity index (χ3v) is 1.84. The molecule has 0 radical (unpaired) electrons. The quantitative estimate of drug-likeness (QED) is 0.576. The van der Waals surface area contributed by atoms with Crippen LogP contribution < -0.4 is 0 Å². The van der Waals surface area contributed by atoms with Crippen LogP contribution in [0.4, 0.5) is 13.2 Å². The van der Waals surface area contributed by atoms with Gasteiger partial charge >= 0.3 is 17.9 Å². The number of aliphatic hydroxyl groups is 1. The van der Waals surface area contributed by atoms with Crippen LogP contribution in [-0.2, 0) is 9.53 Å². The molecule has 3 nitrogen and oxygen atoms in total. The molecule has 0 saturated carbocycles. The standard InChI is InChI=1S/C8H13F3O3/c1-4-5(2)6(12)14-7(3,13)8(9,10)11/h5,13H,4H2,1-3H3. The minimum absolute atomic E-state index is 0.354. The Morgan fingerprint density at radius 3 is 2.21 bits per heavy atom. The highest BCUT2D eigenvalue weighted by Gasteiger charge is 2.54. The van der Waals surface area contributed by atoms with Gasteiger partial charge in [-0.15, -0.1) is 0 Å². The Bertz CT molecular complexity index is 210. The van der Waals surface area contributed by atoms with Gasteiger partial charge < -0.3 is 9.84 Å². The number of alkyl halides is 3. The molecule has 2 atom stereocenters. The molecule has 0 rings (SSSR count). The SMILES string of the molecule is CCC(C)C(=O)OC(C)(O)C(F)(F)F. The number of hydrogen-bond donors (Lipinski definition) is 1. The number of ether oxygens (including phenoxy) is 1. The van der Waals surface area contributed by atoms with Gasteiger partial charge in [-0.2, -0.15) is 13.2 Å². The van der Waals surface area contributed by atoms with E-state index in [1.165, 1.54) is 6.92 Å². The zero-order valence-corrected chi connectivity index (χ0v) is 8.18. The second-order valence-electron chi connectivity index (χ2n) is 3.21. The van der Waals surface area contributed by atoms with Gasteiger partial charge in [-0.25, -0.2) is 0 Å². The van der Waals surface area contributed by atoms with Gasteiger partial charge in [-0.05, 0) is 6.42 Å². The first-order valence-corrected chi connectivity index (χ1v) is 4.13. The van der Waals surface area contributed by atoms with Gasteiger partial charge in [0, 0.05) is 6.92 Å². The lowest BCUT2D eigenvalue weighted by Gasteiger charge is -2.26. The minimum atomic E-state index is -4.98. The van der Waals surface area contributed by atoms with Crippen LogP contribution >= 0.6 is 0 Å². The second-order valence-corrected chi connectivity index (χ2v) is 3.21. The first-order chi connectivity index (χ1) is 6.12. The zero-order valence-electron chi connectivity index (χ0n) is 8.18. The van der Waals surface area contributed by atoms with Gasteiger partial charge in [0.15, 0.2) is 0 Å². The number of hydrogen-bond acceptors (Lipinski definition) is 3. The summed E-state index contributed by atoms with van der Waals surface area (Å²) in [6.45, 7) is 3.45. The summed E-state index contributed by atoms with van der Waals surface area (Å²) in [5.74, 6) is -5.13. The maximum absolute atomic E-state index is 12.0. The molecule has 0 aliphatic heterocycles. The fourth-order valence-corrected chi connectivity index (χ4v) is 0.521. The van der Waals surface area contributed by atoms with Gasteiger partial charge in [0.1, 0.15) is 0 Å². The zero-order chi connectivity index (χ0) is 11.6. The maximum atomic E-state index is 12.0. The number of esters is 1. The van der Waals surface area contributed by atoms with Crippen molar-refractivity contribution in [3.63, 3.8) is 0 Å². The van der Waals surface area contributed by atoms with Crippen LogP contribution in [-0.4, -0.2) is 23.0 Å². The third kappa shape index (κ3) is 3.17. The Hall–Kier alpha value is -0.780. The monoisotopic (exact) mass is 214 g/mol. The second kappa shape index (κ2) is 4.16. The van der Waals surface area contributed by atoms with Crippen molar-refractivity contribution < 1.29 is 27.8 Å². The maximum Gasteiger partial charge on any atom is 0.455 e. The Labute approximate surface area is 79.9 Å². The predicted molar refractivity (Wildman–Crippen MR) is 42.2 cm³/mol. The summed E-state index contributed by atoms with van der Waals surface area (Å²) in [5, 5.41) is 8.80. The molecule has 0 amide bonds. The lowest BCUT2D eigenvalue weighted by molar-refractivity contribution is -0.344. The topological polar surface area (TPSA) is 46.5 Å². The van der Waals surface area contributed by atoms with E-state index in [0.29, 0.717) is 13.3 Å². The fraction of sp³-hybridized carbons (Fsp3) is 0.875. The van der Waals surface area contributed by atoms with Crippen molar-refractivity contribution in [2.45, 2.75) is 39.2 Å². The van der Waals surface area contributed by atoms with Gasteiger partial charge in [-0.3, -0.25) is 4.79 Å². The van der Waals surface area contributed by atoms with E-state index in [4.69, 9.17) is 5.11 Å². The first-order valence-electron chi connectivity index (χ1n) is 4.13. The Kier molecular flexibility index (Phi) is 3.93. The van der Waals surface area contributed by atoms with Crippen LogP contribution in [0.3, 0.4) is 0 Å². The summed E-state index contributed by atoms with van der Waals surface area (Å²) < 4.78 is 40.0. The van der Waals surface area contributed by atoms with E-state index in [-0.39, 0.29) is 0 Å². The van der Waals surface area contributed by atoms with Crippen molar-refractivity contribution >= 4 is 5.97 Å². The van der Waals surface area contributed by atoms with Crippen LogP contribution in [0.1, 0.15) is 27.2 Å². The Morgan fingerprint density at radius 2 is 1.93 bits per heavy atom. The van der Waals surface area contributed by atoms with Crippen molar-refractivity contribution in [1.29, 1.82) is 0 Å². The van der Waals surface area contributed by atoms with Gasteiger partial charge in [0.05, 0.1) is 5.92 Å². The molecule has 2 unspecified atom stereocenters. The van der Waals surface area contributed by atoms with Crippen molar-refractivity contribution in [1.82, 2.24) is 0 Å². The number of carbonyl (C=O) groups is 1. The van der Waals surface area contributed by atoms with E-state index < -0.39 is 23.9 Å². The van der Waals surface area contributed by atoms with Crippen molar-refractivity contribution in [2.75, 3.05) is 0 Å². The molecule has 6 heteroatoms.